The number of rotatable bonds is 5. The molecule has 1 aliphatic rings. The summed E-state index contributed by atoms with van der Waals surface area (Å²) < 4.78 is 0. The van der Waals surface area contributed by atoms with Crippen LogP contribution in [-0.2, 0) is 11.3 Å². The van der Waals surface area contributed by atoms with Gasteiger partial charge in [-0.2, -0.15) is 0 Å². The Labute approximate surface area is 121 Å². The molecule has 1 unspecified atom stereocenters. The predicted octanol–water partition coefficient (Wildman–Crippen LogP) is 2.08. The Morgan fingerprint density at radius 3 is 2.75 bits per heavy atom. The number of benzene rings is 1. The second-order valence-corrected chi connectivity index (χ2v) is 5.91. The van der Waals surface area contributed by atoms with E-state index in [-0.39, 0.29) is 11.3 Å². The highest BCUT2D eigenvalue weighted by molar-refractivity contribution is 5.96. The summed E-state index contributed by atoms with van der Waals surface area (Å²) >= 11 is 0. The minimum Gasteiger partial charge on any atom is -0.325 e. The van der Waals surface area contributed by atoms with Crippen molar-refractivity contribution in [3.8, 4) is 0 Å². The third kappa shape index (κ3) is 3.19. The number of para-hydroxylation sites is 1. The van der Waals surface area contributed by atoms with E-state index in [0.29, 0.717) is 0 Å². The van der Waals surface area contributed by atoms with Gasteiger partial charge < -0.3 is 15.5 Å². The average molecular weight is 275 g/mol. The van der Waals surface area contributed by atoms with E-state index in [1.54, 1.807) is 0 Å². The number of nitrogens with zero attached hydrogens (tertiary/aromatic N) is 1. The zero-order valence-corrected chi connectivity index (χ0v) is 12.7. The molecule has 4 nitrogen and oxygen atoms in total. The molecule has 1 aromatic rings. The molecular formula is C16H25N3O. The van der Waals surface area contributed by atoms with Crippen molar-refractivity contribution in [1.29, 1.82) is 0 Å². The molecule has 20 heavy (non-hydrogen) atoms. The van der Waals surface area contributed by atoms with Gasteiger partial charge in [0, 0.05) is 18.8 Å². The molecule has 2 N–H and O–H groups in total. The molecule has 1 aliphatic heterocycles. The first kappa shape index (κ1) is 15.0. The maximum absolute atomic E-state index is 12.6. The first-order valence-corrected chi connectivity index (χ1v) is 7.32. The van der Waals surface area contributed by atoms with Gasteiger partial charge in [-0.1, -0.05) is 25.1 Å². The van der Waals surface area contributed by atoms with Gasteiger partial charge in [0.25, 0.3) is 0 Å². The van der Waals surface area contributed by atoms with Crippen LogP contribution in [0.15, 0.2) is 24.3 Å². The van der Waals surface area contributed by atoms with Crippen LogP contribution in [0.25, 0.3) is 0 Å². The van der Waals surface area contributed by atoms with Crippen LogP contribution in [0.2, 0.25) is 0 Å². The molecule has 1 aromatic carbocycles. The van der Waals surface area contributed by atoms with Gasteiger partial charge in [-0.15, -0.1) is 0 Å². The van der Waals surface area contributed by atoms with Crippen molar-refractivity contribution < 1.29 is 4.79 Å². The molecule has 0 aliphatic carbocycles. The first-order chi connectivity index (χ1) is 9.57. The van der Waals surface area contributed by atoms with Crippen molar-refractivity contribution in [2.45, 2.75) is 26.3 Å². The van der Waals surface area contributed by atoms with E-state index in [2.05, 4.69) is 28.5 Å². The lowest BCUT2D eigenvalue weighted by atomic mass is 9.83. The van der Waals surface area contributed by atoms with Crippen LogP contribution in [0, 0.1) is 5.41 Å². The zero-order valence-electron chi connectivity index (χ0n) is 12.7. The lowest BCUT2D eigenvalue weighted by molar-refractivity contribution is -0.124. The van der Waals surface area contributed by atoms with Crippen molar-refractivity contribution in [2.24, 2.45) is 5.41 Å². The van der Waals surface area contributed by atoms with Crippen molar-refractivity contribution >= 4 is 11.6 Å². The molecule has 0 saturated carbocycles. The maximum Gasteiger partial charge on any atom is 0.231 e. The van der Waals surface area contributed by atoms with E-state index < -0.39 is 0 Å². The molecule has 1 heterocycles. The SMILES string of the molecule is CCC1(C(=O)Nc2ccccc2CN(C)C)CCNC1. The topological polar surface area (TPSA) is 44.4 Å². The van der Waals surface area contributed by atoms with Crippen molar-refractivity contribution in [3.05, 3.63) is 29.8 Å². The highest BCUT2D eigenvalue weighted by Crippen LogP contribution is 2.31. The Kier molecular flexibility index (Phi) is 4.78. The van der Waals surface area contributed by atoms with Gasteiger partial charge in [-0.25, -0.2) is 0 Å². The van der Waals surface area contributed by atoms with Crippen molar-refractivity contribution in [2.75, 3.05) is 32.5 Å². The predicted molar refractivity (Wildman–Crippen MR) is 82.7 cm³/mol. The molecule has 1 fully saturated rings. The van der Waals surface area contributed by atoms with Crippen LogP contribution in [0.5, 0.6) is 0 Å². The first-order valence-electron chi connectivity index (χ1n) is 7.32. The summed E-state index contributed by atoms with van der Waals surface area (Å²) in [5.74, 6) is 0.149. The molecule has 0 spiro atoms. The Morgan fingerprint density at radius 2 is 2.15 bits per heavy atom. The van der Waals surface area contributed by atoms with Crippen LogP contribution in [0.3, 0.4) is 0 Å². The number of anilines is 1. The fourth-order valence-corrected chi connectivity index (χ4v) is 2.78. The van der Waals surface area contributed by atoms with E-state index >= 15 is 0 Å². The van der Waals surface area contributed by atoms with Crippen LogP contribution in [-0.4, -0.2) is 38.0 Å². The van der Waals surface area contributed by atoms with Gasteiger partial charge in [0.05, 0.1) is 5.41 Å². The Morgan fingerprint density at radius 1 is 1.40 bits per heavy atom. The normalized spacial score (nSPS) is 22.2. The second kappa shape index (κ2) is 6.37. The summed E-state index contributed by atoms with van der Waals surface area (Å²) in [6.07, 6.45) is 1.80. The largest absolute Gasteiger partial charge is 0.325 e. The van der Waals surface area contributed by atoms with E-state index in [4.69, 9.17) is 0 Å². The van der Waals surface area contributed by atoms with E-state index in [1.807, 2.05) is 32.3 Å². The fourth-order valence-electron chi connectivity index (χ4n) is 2.78. The fraction of sp³-hybridized carbons (Fsp3) is 0.562. The average Bonchev–Trinajstić information content (AvgIpc) is 2.90. The molecular weight excluding hydrogens is 250 g/mol. The van der Waals surface area contributed by atoms with Crippen LogP contribution < -0.4 is 10.6 Å². The molecule has 1 amide bonds. The molecule has 4 heteroatoms. The summed E-state index contributed by atoms with van der Waals surface area (Å²) in [7, 11) is 4.07. The lowest BCUT2D eigenvalue weighted by Gasteiger charge is -2.26. The molecule has 2 rings (SSSR count). The maximum atomic E-state index is 12.6. The lowest BCUT2D eigenvalue weighted by Crippen LogP contribution is -2.37. The molecule has 0 aromatic heterocycles. The number of nitrogens with one attached hydrogen (secondary N) is 2. The second-order valence-electron chi connectivity index (χ2n) is 5.91. The standard InChI is InChI=1S/C16H25N3O/c1-4-16(9-10-17-12-16)15(20)18-14-8-6-5-7-13(14)11-19(2)3/h5-8,17H,4,9-12H2,1-3H3,(H,18,20). The Hall–Kier alpha value is -1.39. The Balaban J connectivity index is 2.15. The molecule has 0 radical (unpaired) electrons. The smallest absolute Gasteiger partial charge is 0.231 e. The van der Waals surface area contributed by atoms with E-state index in [0.717, 1.165) is 43.7 Å². The van der Waals surface area contributed by atoms with E-state index in [9.17, 15) is 4.79 Å². The number of hydrogen-bond acceptors (Lipinski definition) is 3. The summed E-state index contributed by atoms with van der Waals surface area (Å²) in [6.45, 7) is 4.64. The van der Waals surface area contributed by atoms with Crippen LogP contribution >= 0.6 is 0 Å². The van der Waals surface area contributed by atoms with Crippen LogP contribution in [0.4, 0.5) is 5.69 Å². The molecule has 0 bridgehead atoms. The summed E-state index contributed by atoms with van der Waals surface area (Å²) in [5, 5.41) is 6.45. The number of carbonyl (C=O) groups excluding carboxylic acids is 1. The van der Waals surface area contributed by atoms with Gasteiger partial charge >= 0.3 is 0 Å². The number of carbonyl (C=O) groups is 1. The molecule has 1 atom stereocenters. The molecule has 110 valence electrons. The van der Waals surface area contributed by atoms with Gasteiger partial charge in [-0.3, -0.25) is 4.79 Å². The van der Waals surface area contributed by atoms with Crippen molar-refractivity contribution in [3.63, 3.8) is 0 Å². The minimum atomic E-state index is -0.245. The third-order valence-corrected chi connectivity index (χ3v) is 4.15. The highest BCUT2D eigenvalue weighted by atomic mass is 16.2. The summed E-state index contributed by atoms with van der Waals surface area (Å²) in [5.41, 5.74) is 1.85. The quantitative estimate of drug-likeness (QED) is 0.864. The van der Waals surface area contributed by atoms with Crippen LogP contribution in [0.1, 0.15) is 25.3 Å². The van der Waals surface area contributed by atoms with Gasteiger partial charge in [0.15, 0.2) is 0 Å². The number of amides is 1. The monoisotopic (exact) mass is 275 g/mol. The highest BCUT2D eigenvalue weighted by Gasteiger charge is 2.39. The van der Waals surface area contributed by atoms with Crippen molar-refractivity contribution in [1.82, 2.24) is 10.2 Å². The van der Waals surface area contributed by atoms with Gasteiger partial charge in [0.1, 0.15) is 0 Å². The Bertz CT molecular complexity index is 465. The number of hydrogen-bond donors (Lipinski definition) is 2. The zero-order chi connectivity index (χ0) is 14.6. The summed E-state index contributed by atoms with van der Waals surface area (Å²) in [4.78, 5) is 14.7. The van der Waals surface area contributed by atoms with Gasteiger partial charge in [0.2, 0.25) is 5.91 Å². The molecule has 1 saturated heterocycles. The van der Waals surface area contributed by atoms with Gasteiger partial charge in [-0.05, 0) is 45.1 Å². The third-order valence-electron chi connectivity index (χ3n) is 4.15. The minimum absolute atomic E-state index is 0.149. The van der Waals surface area contributed by atoms with E-state index in [1.165, 1.54) is 0 Å². The summed E-state index contributed by atoms with van der Waals surface area (Å²) in [6, 6.07) is 8.05.